The molecule has 102 valence electrons. The Morgan fingerprint density at radius 3 is 2.42 bits per heavy atom. The second-order valence-electron chi connectivity index (χ2n) is 4.64. The van der Waals surface area contributed by atoms with Gasteiger partial charge in [-0.15, -0.1) is 0 Å². The van der Waals surface area contributed by atoms with Crippen molar-refractivity contribution in [1.82, 2.24) is 0 Å². The molecule has 2 rings (SSSR count). The minimum Gasteiger partial charge on any atom is -0.504 e. The first-order valence-corrected chi connectivity index (χ1v) is 6.37. The molecular formula is C15H18O4. The molecule has 0 unspecified atom stereocenters. The third kappa shape index (κ3) is 2.79. The van der Waals surface area contributed by atoms with E-state index < -0.39 is 0 Å². The van der Waals surface area contributed by atoms with E-state index in [0.29, 0.717) is 19.3 Å². The van der Waals surface area contributed by atoms with Gasteiger partial charge in [-0.1, -0.05) is 12.1 Å². The largest absolute Gasteiger partial charge is 0.504 e. The highest BCUT2D eigenvalue weighted by Gasteiger charge is 2.28. The molecule has 2 N–H and O–H groups in total. The van der Waals surface area contributed by atoms with Gasteiger partial charge in [-0.3, -0.25) is 4.79 Å². The molecule has 0 saturated carbocycles. The predicted octanol–water partition coefficient (Wildman–Crippen LogP) is 2.34. The Bertz CT molecular complexity index is 487. The van der Waals surface area contributed by atoms with Gasteiger partial charge >= 0.3 is 0 Å². The Hall–Kier alpha value is -1.81. The molecule has 1 aliphatic carbocycles. The van der Waals surface area contributed by atoms with Gasteiger partial charge in [0.15, 0.2) is 11.5 Å². The lowest BCUT2D eigenvalue weighted by Gasteiger charge is -2.18. The zero-order valence-electron chi connectivity index (χ0n) is 10.9. The maximum Gasteiger partial charge on any atom is 0.197 e. The predicted molar refractivity (Wildman–Crippen MR) is 71.3 cm³/mol. The van der Waals surface area contributed by atoms with E-state index in [0.717, 1.165) is 16.9 Å². The first-order chi connectivity index (χ1) is 9.17. The topological polar surface area (TPSA) is 66.8 Å². The summed E-state index contributed by atoms with van der Waals surface area (Å²) < 4.78 is 5.11. The van der Waals surface area contributed by atoms with Crippen molar-refractivity contribution in [1.29, 1.82) is 0 Å². The summed E-state index contributed by atoms with van der Waals surface area (Å²) >= 11 is 0. The standard InChI is InChI=1S/C15H18O4/c1-19-11-4-2-10(3-5-11)12(8-9-16)13-6-7-14(17)15(13)18/h2-5,12,16,18H,6-9H2,1H3/t12-/m0/s1. The van der Waals surface area contributed by atoms with E-state index in [4.69, 9.17) is 4.74 Å². The smallest absolute Gasteiger partial charge is 0.197 e. The van der Waals surface area contributed by atoms with Gasteiger partial charge in [0.05, 0.1) is 7.11 Å². The molecule has 0 aliphatic heterocycles. The molecule has 1 atom stereocenters. The number of methoxy groups -OCH3 is 1. The molecular weight excluding hydrogens is 244 g/mol. The van der Waals surface area contributed by atoms with Gasteiger partial charge in [-0.05, 0) is 36.1 Å². The van der Waals surface area contributed by atoms with E-state index in [1.54, 1.807) is 7.11 Å². The molecule has 4 heteroatoms. The van der Waals surface area contributed by atoms with Crippen LogP contribution in [0.1, 0.15) is 30.7 Å². The lowest BCUT2D eigenvalue weighted by atomic mass is 9.87. The van der Waals surface area contributed by atoms with Gasteiger partial charge in [0.2, 0.25) is 0 Å². The van der Waals surface area contributed by atoms with E-state index in [2.05, 4.69) is 0 Å². The summed E-state index contributed by atoms with van der Waals surface area (Å²) in [7, 11) is 1.60. The van der Waals surface area contributed by atoms with Gasteiger partial charge in [0.1, 0.15) is 5.75 Å². The maximum absolute atomic E-state index is 11.4. The van der Waals surface area contributed by atoms with Crippen molar-refractivity contribution in [3.05, 3.63) is 41.2 Å². The van der Waals surface area contributed by atoms with E-state index in [1.807, 2.05) is 24.3 Å². The van der Waals surface area contributed by atoms with Crippen LogP contribution in [0.15, 0.2) is 35.6 Å². The summed E-state index contributed by atoms with van der Waals surface area (Å²) in [5.41, 5.74) is 1.72. The number of aliphatic hydroxyl groups excluding tert-OH is 2. The van der Waals surface area contributed by atoms with Crippen LogP contribution < -0.4 is 4.74 Å². The van der Waals surface area contributed by atoms with Crippen molar-refractivity contribution >= 4 is 5.78 Å². The molecule has 1 aromatic carbocycles. The summed E-state index contributed by atoms with van der Waals surface area (Å²) in [5.74, 6) is 0.329. The van der Waals surface area contributed by atoms with Gasteiger partial charge in [0.25, 0.3) is 0 Å². The Morgan fingerprint density at radius 1 is 1.26 bits per heavy atom. The van der Waals surface area contributed by atoms with E-state index in [9.17, 15) is 15.0 Å². The first kappa shape index (κ1) is 13.6. The zero-order chi connectivity index (χ0) is 13.8. The van der Waals surface area contributed by atoms with Crippen molar-refractivity contribution in [2.45, 2.75) is 25.2 Å². The van der Waals surface area contributed by atoms with Crippen LogP contribution in [0.4, 0.5) is 0 Å². The minimum atomic E-state index is -0.202. The summed E-state index contributed by atoms with van der Waals surface area (Å²) in [4.78, 5) is 11.4. The van der Waals surface area contributed by atoms with E-state index >= 15 is 0 Å². The highest BCUT2D eigenvalue weighted by atomic mass is 16.5. The second-order valence-corrected chi connectivity index (χ2v) is 4.64. The Balaban J connectivity index is 2.31. The molecule has 0 heterocycles. The Morgan fingerprint density at radius 2 is 1.95 bits per heavy atom. The average molecular weight is 262 g/mol. The second kappa shape index (κ2) is 5.89. The number of hydrogen-bond donors (Lipinski definition) is 2. The number of benzene rings is 1. The number of hydrogen-bond acceptors (Lipinski definition) is 4. The molecule has 1 aliphatic rings. The minimum absolute atomic E-state index is 0.0155. The molecule has 0 bridgehead atoms. The molecule has 0 fully saturated rings. The highest BCUT2D eigenvalue weighted by Crippen LogP contribution is 2.37. The van der Waals surface area contributed by atoms with Crippen LogP contribution in [0.25, 0.3) is 0 Å². The van der Waals surface area contributed by atoms with Crippen molar-refractivity contribution in [2.24, 2.45) is 0 Å². The fourth-order valence-corrected chi connectivity index (χ4v) is 2.51. The zero-order valence-corrected chi connectivity index (χ0v) is 10.9. The Labute approximate surface area is 112 Å². The van der Waals surface area contributed by atoms with Crippen molar-refractivity contribution in [3.63, 3.8) is 0 Å². The lowest BCUT2D eigenvalue weighted by Crippen LogP contribution is -2.06. The lowest BCUT2D eigenvalue weighted by molar-refractivity contribution is -0.117. The van der Waals surface area contributed by atoms with Gasteiger partial charge in [-0.2, -0.15) is 0 Å². The monoisotopic (exact) mass is 262 g/mol. The molecule has 0 aromatic heterocycles. The van der Waals surface area contributed by atoms with Gasteiger partial charge < -0.3 is 14.9 Å². The molecule has 0 saturated heterocycles. The van der Waals surface area contributed by atoms with Crippen molar-refractivity contribution in [3.8, 4) is 5.75 Å². The fourth-order valence-electron chi connectivity index (χ4n) is 2.51. The molecule has 4 nitrogen and oxygen atoms in total. The van der Waals surface area contributed by atoms with Crippen LogP contribution in [0.5, 0.6) is 5.75 Å². The number of aliphatic hydroxyl groups is 2. The number of allylic oxidation sites excluding steroid dienone is 2. The van der Waals surface area contributed by atoms with Gasteiger partial charge in [-0.25, -0.2) is 0 Å². The highest BCUT2D eigenvalue weighted by molar-refractivity contribution is 5.96. The SMILES string of the molecule is COc1ccc([C@H](CCO)C2=C(O)C(=O)CC2)cc1. The number of ketones is 1. The van der Waals surface area contributed by atoms with Crippen LogP contribution in [0.2, 0.25) is 0 Å². The van der Waals surface area contributed by atoms with Crippen LogP contribution in [0, 0.1) is 0 Å². The summed E-state index contributed by atoms with van der Waals surface area (Å²) in [6.07, 6.45) is 1.43. The molecule has 1 aromatic rings. The summed E-state index contributed by atoms with van der Waals surface area (Å²) in [5, 5.41) is 19.0. The molecule has 19 heavy (non-hydrogen) atoms. The average Bonchev–Trinajstić information content (AvgIpc) is 2.77. The van der Waals surface area contributed by atoms with E-state index in [1.165, 1.54) is 0 Å². The maximum atomic E-state index is 11.4. The third-order valence-electron chi connectivity index (χ3n) is 3.55. The van der Waals surface area contributed by atoms with E-state index in [-0.39, 0.29) is 24.1 Å². The van der Waals surface area contributed by atoms with Gasteiger partial charge in [0, 0.05) is 18.9 Å². The van der Waals surface area contributed by atoms with Crippen LogP contribution in [-0.4, -0.2) is 29.7 Å². The van der Waals surface area contributed by atoms with Crippen LogP contribution in [0.3, 0.4) is 0 Å². The summed E-state index contributed by atoms with van der Waals surface area (Å²) in [6.45, 7) is 0.0155. The van der Waals surface area contributed by atoms with Crippen LogP contribution >= 0.6 is 0 Å². The first-order valence-electron chi connectivity index (χ1n) is 6.37. The number of carbonyl (C=O) groups is 1. The number of Topliss-reactive ketones (excluding diaryl/α,β-unsaturated/α-hetero) is 1. The summed E-state index contributed by atoms with van der Waals surface area (Å²) in [6, 6.07) is 7.49. The quantitative estimate of drug-likeness (QED) is 0.854. The van der Waals surface area contributed by atoms with Crippen LogP contribution in [-0.2, 0) is 4.79 Å². The molecule has 0 radical (unpaired) electrons. The fraction of sp³-hybridized carbons (Fsp3) is 0.400. The number of carbonyl (C=O) groups excluding carboxylic acids is 1. The van der Waals surface area contributed by atoms with Crippen molar-refractivity contribution in [2.75, 3.05) is 13.7 Å². The van der Waals surface area contributed by atoms with Crippen molar-refractivity contribution < 1.29 is 19.7 Å². The Kier molecular flexibility index (Phi) is 4.22. The number of ether oxygens (including phenoxy) is 1. The third-order valence-corrected chi connectivity index (χ3v) is 3.55. The number of rotatable bonds is 5. The normalized spacial score (nSPS) is 16.8. The molecule has 0 amide bonds. The molecule has 0 spiro atoms.